The van der Waals surface area contributed by atoms with Crippen molar-refractivity contribution >= 4 is 61.9 Å². The molecule has 1 heterocycles. The predicted octanol–water partition coefficient (Wildman–Crippen LogP) is 7.66. The summed E-state index contributed by atoms with van der Waals surface area (Å²) in [5, 5.41) is 1.96. The molecular weight excluding hydrogens is 469 g/mol. The summed E-state index contributed by atoms with van der Waals surface area (Å²) < 4.78 is 2.92. The minimum Gasteiger partial charge on any atom is -0.327 e. The summed E-state index contributed by atoms with van der Waals surface area (Å²) in [4.78, 5) is 13.0. The first kappa shape index (κ1) is 20.0. The van der Waals surface area contributed by atoms with E-state index in [-0.39, 0.29) is 5.78 Å². The smallest absolute Gasteiger partial charge is 0.189 e. The number of carbonyl (C=O) groups is 1. The van der Waals surface area contributed by atoms with E-state index in [0.29, 0.717) is 22.3 Å². The van der Waals surface area contributed by atoms with E-state index in [1.54, 1.807) is 12.2 Å². The van der Waals surface area contributed by atoms with Crippen LogP contribution in [0.25, 0.3) is 17.0 Å². The van der Waals surface area contributed by atoms with E-state index in [1.807, 2.05) is 77.4 Å². The molecular formula is C24H16BrCl2NO. The summed E-state index contributed by atoms with van der Waals surface area (Å²) in [5.74, 6) is -0.124. The van der Waals surface area contributed by atoms with Gasteiger partial charge in [0, 0.05) is 21.4 Å². The maximum Gasteiger partial charge on any atom is 0.189 e. The Labute approximate surface area is 187 Å². The summed E-state index contributed by atoms with van der Waals surface area (Å²) in [6.07, 6.45) is 3.37. The molecule has 0 fully saturated rings. The van der Waals surface area contributed by atoms with Crippen LogP contribution < -0.4 is 0 Å². The molecule has 0 unspecified atom stereocenters. The fraction of sp³-hybridized carbons (Fsp3) is 0.0417. The van der Waals surface area contributed by atoms with Gasteiger partial charge < -0.3 is 4.57 Å². The first-order valence-electron chi connectivity index (χ1n) is 9.02. The number of para-hydroxylation sites is 1. The molecule has 0 saturated heterocycles. The molecule has 0 saturated carbocycles. The average Bonchev–Trinajstić information content (AvgIpc) is 3.00. The molecule has 0 aliphatic rings. The third kappa shape index (κ3) is 4.32. The van der Waals surface area contributed by atoms with Gasteiger partial charge in [-0.1, -0.05) is 87.7 Å². The van der Waals surface area contributed by atoms with Gasteiger partial charge in [-0.2, -0.15) is 0 Å². The highest BCUT2D eigenvalue weighted by Crippen LogP contribution is 2.32. The first-order valence-corrected chi connectivity index (χ1v) is 10.6. The van der Waals surface area contributed by atoms with Crippen LogP contribution in [0, 0.1) is 0 Å². The molecule has 0 N–H and O–H groups in total. The van der Waals surface area contributed by atoms with Gasteiger partial charge in [-0.25, -0.2) is 0 Å². The third-order valence-electron chi connectivity index (χ3n) is 4.68. The first-order chi connectivity index (χ1) is 14.0. The number of hydrogen-bond donors (Lipinski definition) is 0. The Balaban J connectivity index is 1.73. The van der Waals surface area contributed by atoms with E-state index in [0.717, 1.165) is 26.5 Å². The van der Waals surface area contributed by atoms with Crippen LogP contribution in [0.1, 0.15) is 21.5 Å². The molecule has 0 aliphatic heterocycles. The van der Waals surface area contributed by atoms with E-state index < -0.39 is 0 Å². The van der Waals surface area contributed by atoms with Crippen molar-refractivity contribution in [2.45, 2.75) is 6.54 Å². The van der Waals surface area contributed by atoms with Crippen LogP contribution in [0.15, 0.2) is 83.3 Å². The second-order valence-electron chi connectivity index (χ2n) is 6.65. The van der Waals surface area contributed by atoms with E-state index in [9.17, 15) is 4.79 Å². The molecule has 0 bridgehead atoms. The molecule has 0 aliphatic carbocycles. The van der Waals surface area contributed by atoms with E-state index in [1.165, 1.54) is 0 Å². The zero-order valence-electron chi connectivity index (χ0n) is 15.3. The topological polar surface area (TPSA) is 22.0 Å². The van der Waals surface area contributed by atoms with Crippen LogP contribution in [0.4, 0.5) is 0 Å². The molecule has 0 amide bonds. The molecule has 144 valence electrons. The standard InChI is InChI=1S/C24H16BrCl2NO/c25-18-5-3-4-16(14-18)10-13-22(29)23-20-6-1-2-7-21(20)28(24(23)27)15-17-8-11-19(26)12-9-17/h1-14H,15H2/b13-10+. The minimum absolute atomic E-state index is 0.124. The van der Waals surface area contributed by atoms with Gasteiger partial charge in [-0.3, -0.25) is 4.79 Å². The largest absolute Gasteiger partial charge is 0.327 e. The molecule has 1 aromatic heterocycles. The monoisotopic (exact) mass is 483 g/mol. The normalized spacial score (nSPS) is 11.4. The van der Waals surface area contributed by atoms with E-state index in [2.05, 4.69) is 15.9 Å². The number of halogens is 3. The highest BCUT2D eigenvalue weighted by Gasteiger charge is 2.19. The van der Waals surface area contributed by atoms with Crippen molar-refractivity contribution in [1.29, 1.82) is 0 Å². The Morgan fingerprint density at radius 3 is 2.48 bits per heavy atom. The van der Waals surface area contributed by atoms with Crippen LogP contribution in [-0.4, -0.2) is 10.4 Å². The highest BCUT2D eigenvalue weighted by molar-refractivity contribution is 9.10. The molecule has 2 nitrogen and oxygen atoms in total. The van der Waals surface area contributed by atoms with Crippen molar-refractivity contribution in [2.75, 3.05) is 0 Å². The number of fused-ring (bicyclic) bond motifs is 1. The van der Waals surface area contributed by atoms with Gasteiger partial charge in [-0.15, -0.1) is 0 Å². The Bertz CT molecular complexity index is 1230. The van der Waals surface area contributed by atoms with Crippen molar-refractivity contribution in [3.8, 4) is 0 Å². The molecule has 5 heteroatoms. The molecule has 0 atom stereocenters. The lowest BCUT2D eigenvalue weighted by molar-refractivity contribution is 0.104. The summed E-state index contributed by atoms with van der Waals surface area (Å²) >= 11 is 16.1. The Hall–Kier alpha value is -2.33. The number of hydrogen-bond acceptors (Lipinski definition) is 1. The lowest BCUT2D eigenvalue weighted by Gasteiger charge is -2.07. The fourth-order valence-corrected chi connectivity index (χ4v) is 4.19. The number of rotatable bonds is 5. The molecule has 4 rings (SSSR count). The fourth-order valence-electron chi connectivity index (χ4n) is 3.30. The summed E-state index contributed by atoms with van der Waals surface area (Å²) in [5.41, 5.74) is 3.43. The number of benzene rings is 3. The molecule has 4 aromatic rings. The van der Waals surface area contributed by atoms with Crippen LogP contribution in [0.2, 0.25) is 10.2 Å². The van der Waals surface area contributed by atoms with Gasteiger partial charge in [0.2, 0.25) is 0 Å². The van der Waals surface area contributed by atoms with Crippen molar-refractivity contribution in [3.63, 3.8) is 0 Å². The second-order valence-corrected chi connectivity index (χ2v) is 8.36. The molecule has 3 aromatic carbocycles. The van der Waals surface area contributed by atoms with Gasteiger partial charge in [0.1, 0.15) is 5.15 Å². The highest BCUT2D eigenvalue weighted by atomic mass is 79.9. The predicted molar refractivity (Wildman–Crippen MR) is 125 cm³/mol. The van der Waals surface area contributed by atoms with Gasteiger partial charge >= 0.3 is 0 Å². The zero-order chi connectivity index (χ0) is 20.4. The average molecular weight is 485 g/mol. The lowest BCUT2D eigenvalue weighted by Crippen LogP contribution is -2.01. The van der Waals surface area contributed by atoms with Crippen molar-refractivity contribution in [2.24, 2.45) is 0 Å². The third-order valence-corrected chi connectivity index (χ3v) is 5.82. The maximum absolute atomic E-state index is 13.0. The minimum atomic E-state index is -0.124. The van der Waals surface area contributed by atoms with Gasteiger partial charge in [0.25, 0.3) is 0 Å². The van der Waals surface area contributed by atoms with Crippen LogP contribution in [0.3, 0.4) is 0 Å². The summed E-state index contributed by atoms with van der Waals surface area (Å²) in [7, 11) is 0. The van der Waals surface area contributed by atoms with E-state index >= 15 is 0 Å². The summed E-state index contributed by atoms with van der Waals surface area (Å²) in [6.45, 7) is 0.555. The number of carbonyl (C=O) groups excluding carboxylic acids is 1. The Morgan fingerprint density at radius 1 is 0.966 bits per heavy atom. The summed E-state index contributed by atoms with van der Waals surface area (Å²) in [6, 6.07) is 23.2. The van der Waals surface area contributed by atoms with Crippen LogP contribution >= 0.6 is 39.1 Å². The van der Waals surface area contributed by atoms with Gasteiger partial charge in [-0.05, 0) is 47.5 Å². The van der Waals surface area contributed by atoms with Gasteiger partial charge in [0.15, 0.2) is 5.78 Å². The van der Waals surface area contributed by atoms with Crippen molar-refractivity contribution in [3.05, 3.63) is 110 Å². The molecule has 0 spiro atoms. The van der Waals surface area contributed by atoms with Crippen LogP contribution in [-0.2, 0) is 6.54 Å². The lowest BCUT2D eigenvalue weighted by atomic mass is 10.1. The molecule has 0 radical (unpaired) electrons. The zero-order valence-corrected chi connectivity index (χ0v) is 18.4. The number of nitrogens with zero attached hydrogens (tertiary/aromatic N) is 1. The van der Waals surface area contributed by atoms with Crippen molar-refractivity contribution < 1.29 is 4.79 Å². The van der Waals surface area contributed by atoms with Gasteiger partial charge in [0.05, 0.1) is 11.1 Å². The van der Waals surface area contributed by atoms with Crippen molar-refractivity contribution in [1.82, 2.24) is 4.57 Å². The second kappa shape index (κ2) is 8.58. The SMILES string of the molecule is O=C(/C=C/c1cccc(Br)c1)c1c(Cl)n(Cc2ccc(Cl)cc2)c2ccccc12. The Kier molecular flexibility index (Phi) is 5.91. The van der Waals surface area contributed by atoms with E-state index in [4.69, 9.17) is 23.2 Å². The molecule has 29 heavy (non-hydrogen) atoms. The maximum atomic E-state index is 13.0. The van der Waals surface area contributed by atoms with Crippen LogP contribution in [0.5, 0.6) is 0 Å². The Morgan fingerprint density at radius 2 is 1.72 bits per heavy atom. The quantitative estimate of drug-likeness (QED) is 0.210. The number of ketones is 1. The number of allylic oxidation sites excluding steroid dienone is 1. The number of aromatic nitrogens is 1.